The Morgan fingerprint density at radius 1 is 1.32 bits per heavy atom. The fourth-order valence-electron chi connectivity index (χ4n) is 3.66. The number of hydrogen-bond donors (Lipinski definition) is 2. The maximum absolute atomic E-state index is 12.4. The summed E-state index contributed by atoms with van der Waals surface area (Å²) in [5, 5.41) is 12.0. The van der Waals surface area contributed by atoms with Crippen LogP contribution in [-0.4, -0.2) is 41.1 Å². The maximum Gasteiger partial charge on any atom is 0.326 e. The summed E-state index contributed by atoms with van der Waals surface area (Å²) in [6, 6.07) is 0.532. The summed E-state index contributed by atoms with van der Waals surface area (Å²) >= 11 is 0. The molecule has 0 spiro atoms. The summed E-state index contributed by atoms with van der Waals surface area (Å²) in [5.41, 5.74) is 0.766. The second-order valence-electron chi connectivity index (χ2n) is 6.39. The fourth-order valence-corrected chi connectivity index (χ4v) is 3.66. The van der Waals surface area contributed by atoms with Crippen molar-refractivity contribution in [1.29, 1.82) is 0 Å². The molecule has 2 heterocycles. The first-order chi connectivity index (χ1) is 10.6. The van der Waals surface area contributed by atoms with Crippen LogP contribution in [0.3, 0.4) is 0 Å². The van der Waals surface area contributed by atoms with E-state index in [4.69, 9.17) is 4.42 Å². The highest BCUT2D eigenvalue weighted by Crippen LogP contribution is 2.35. The number of carboxylic acids is 1. The van der Waals surface area contributed by atoms with Gasteiger partial charge in [0.15, 0.2) is 0 Å². The van der Waals surface area contributed by atoms with Gasteiger partial charge in [0, 0.05) is 19.5 Å². The van der Waals surface area contributed by atoms with Crippen LogP contribution in [0.15, 0.2) is 23.0 Å². The Morgan fingerprint density at radius 2 is 2.00 bits per heavy atom. The molecule has 0 bridgehead atoms. The SMILES string of the molecule is O=C(O)C(Cc1ccoc1)NC(=O)N1C[C@H]2CCCC[C@H]2C1. The van der Waals surface area contributed by atoms with Gasteiger partial charge in [-0.2, -0.15) is 0 Å². The number of nitrogens with one attached hydrogen (secondary N) is 1. The van der Waals surface area contributed by atoms with E-state index >= 15 is 0 Å². The van der Waals surface area contributed by atoms with Gasteiger partial charge in [-0.15, -0.1) is 0 Å². The number of carboxylic acid groups (broad SMARTS) is 1. The molecule has 1 aliphatic carbocycles. The zero-order chi connectivity index (χ0) is 15.5. The third kappa shape index (κ3) is 3.26. The van der Waals surface area contributed by atoms with Crippen LogP contribution in [0.5, 0.6) is 0 Å². The molecule has 3 atom stereocenters. The zero-order valence-electron chi connectivity index (χ0n) is 12.5. The van der Waals surface area contributed by atoms with Crippen molar-refractivity contribution in [3.8, 4) is 0 Å². The van der Waals surface area contributed by atoms with Gasteiger partial charge in [-0.1, -0.05) is 12.8 Å². The van der Waals surface area contributed by atoms with Crippen LogP contribution < -0.4 is 5.32 Å². The van der Waals surface area contributed by atoms with Crippen molar-refractivity contribution in [1.82, 2.24) is 10.2 Å². The second-order valence-corrected chi connectivity index (χ2v) is 6.39. The highest BCUT2D eigenvalue weighted by molar-refractivity contribution is 5.83. The second kappa shape index (κ2) is 6.42. The van der Waals surface area contributed by atoms with E-state index in [2.05, 4.69) is 5.32 Å². The minimum atomic E-state index is -1.02. The molecule has 1 aliphatic heterocycles. The van der Waals surface area contributed by atoms with E-state index in [-0.39, 0.29) is 12.5 Å². The van der Waals surface area contributed by atoms with Gasteiger partial charge in [-0.25, -0.2) is 9.59 Å². The van der Waals surface area contributed by atoms with E-state index in [1.807, 2.05) is 0 Å². The number of fused-ring (bicyclic) bond motifs is 1. The van der Waals surface area contributed by atoms with E-state index in [1.54, 1.807) is 11.0 Å². The Kier molecular flexibility index (Phi) is 4.36. The highest BCUT2D eigenvalue weighted by atomic mass is 16.4. The van der Waals surface area contributed by atoms with Gasteiger partial charge in [0.05, 0.1) is 12.5 Å². The number of rotatable bonds is 4. The number of aliphatic carboxylic acids is 1. The average molecular weight is 306 g/mol. The molecule has 3 rings (SSSR count). The van der Waals surface area contributed by atoms with Crippen molar-refractivity contribution >= 4 is 12.0 Å². The topological polar surface area (TPSA) is 82.8 Å². The fraction of sp³-hybridized carbons (Fsp3) is 0.625. The van der Waals surface area contributed by atoms with E-state index in [1.165, 1.54) is 38.2 Å². The Balaban J connectivity index is 1.58. The smallest absolute Gasteiger partial charge is 0.326 e. The molecular weight excluding hydrogens is 284 g/mol. The molecule has 1 aromatic heterocycles. The van der Waals surface area contributed by atoms with Gasteiger partial charge in [0.1, 0.15) is 6.04 Å². The van der Waals surface area contributed by atoms with E-state index in [9.17, 15) is 14.7 Å². The van der Waals surface area contributed by atoms with Crippen molar-refractivity contribution in [3.05, 3.63) is 24.2 Å². The molecule has 6 heteroatoms. The number of furan rings is 1. The first-order valence-electron chi connectivity index (χ1n) is 7.93. The van der Waals surface area contributed by atoms with E-state index in [0.717, 1.165) is 18.7 Å². The third-order valence-corrected chi connectivity index (χ3v) is 4.88. The molecule has 2 N–H and O–H groups in total. The summed E-state index contributed by atoms with van der Waals surface area (Å²) < 4.78 is 4.95. The molecule has 2 amide bonds. The van der Waals surface area contributed by atoms with Crippen molar-refractivity contribution in [2.45, 2.75) is 38.1 Å². The number of hydrogen-bond acceptors (Lipinski definition) is 3. The molecule has 1 aromatic rings. The van der Waals surface area contributed by atoms with Crippen molar-refractivity contribution < 1.29 is 19.1 Å². The van der Waals surface area contributed by atoms with Gasteiger partial charge in [-0.3, -0.25) is 0 Å². The maximum atomic E-state index is 12.4. The van der Waals surface area contributed by atoms with Crippen molar-refractivity contribution in [2.24, 2.45) is 11.8 Å². The quantitative estimate of drug-likeness (QED) is 0.892. The molecule has 2 fully saturated rings. The number of carbonyl (C=O) groups is 2. The molecule has 120 valence electrons. The lowest BCUT2D eigenvalue weighted by Crippen LogP contribution is -2.48. The summed E-state index contributed by atoms with van der Waals surface area (Å²) in [6.45, 7) is 1.52. The summed E-state index contributed by atoms with van der Waals surface area (Å²) in [4.78, 5) is 25.5. The zero-order valence-corrected chi connectivity index (χ0v) is 12.5. The lowest BCUT2D eigenvalue weighted by molar-refractivity contribution is -0.139. The van der Waals surface area contributed by atoms with Crippen LogP contribution in [0.1, 0.15) is 31.2 Å². The normalized spacial score (nSPS) is 25.5. The molecule has 0 radical (unpaired) electrons. The number of nitrogens with zero attached hydrogens (tertiary/aromatic N) is 1. The van der Waals surface area contributed by atoms with Gasteiger partial charge >= 0.3 is 12.0 Å². The average Bonchev–Trinajstić information content (AvgIpc) is 3.15. The molecule has 6 nitrogen and oxygen atoms in total. The minimum Gasteiger partial charge on any atom is -0.480 e. The third-order valence-electron chi connectivity index (χ3n) is 4.88. The summed E-state index contributed by atoms with van der Waals surface area (Å²) in [5.74, 6) is 0.166. The predicted octanol–water partition coefficient (Wildman–Crippen LogP) is 2.11. The van der Waals surface area contributed by atoms with Crippen LogP contribution in [0, 0.1) is 11.8 Å². The van der Waals surface area contributed by atoms with Gasteiger partial charge in [0.25, 0.3) is 0 Å². The summed E-state index contributed by atoms with van der Waals surface area (Å²) in [7, 11) is 0. The van der Waals surface area contributed by atoms with E-state index < -0.39 is 12.0 Å². The molecule has 2 aliphatic rings. The number of carbonyl (C=O) groups excluding carboxylic acids is 1. The van der Waals surface area contributed by atoms with Crippen molar-refractivity contribution in [2.75, 3.05) is 13.1 Å². The van der Waals surface area contributed by atoms with Crippen LogP contribution in [-0.2, 0) is 11.2 Å². The Bertz CT molecular complexity index is 514. The monoisotopic (exact) mass is 306 g/mol. The largest absolute Gasteiger partial charge is 0.480 e. The lowest BCUT2D eigenvalue weighted by Gasteiger charge is -2.22. The first kappa shape index (κ1) is 14.9. The molecule has 1 saturated heterocycles. The lowest BCUT2D eigenvalue weighted by atomic mass is 9.82. The molecule has 22 heavy (non-hydrogen) atoms. The van der Waals surface area contributed by atoms with E-state index in [0.29, 0.717) is 11.8 Å². The molecule has 0 aromatic carbocycles. The number of amides is 2. The van der Waals surface area contributed by atoms with Crippen molar-refractivity contribution in [3.63, 3.8) is 0 Å². The van der Waals surface area contributed by atoms with Gasteiger partial charge in [0.2, 0.25) is 0 Å². The highest BCUT2D eigenvalue weighted by Gasteiger charge is 2.37. The molecule has 1 saturated carbocycles. The van der Waals surface area contributed by atoms with Gasteiger partial charge < -0.3 is 19.7 Å². The first-order valence-corrected chi connectivity index (χ1v) is 7.93. The standard InChI is InChI=1S/C16H22N2O4/c19-15(20)14(7-11-5-6-22-10-11)17-16(21)18-8-12-3-1-2-4-13(12)9-18/h5-6,10,12-14H,1-4,7-9H2,(H,17,21)(H,19,20)/t12-,13+,14?. The number of likely N-dealkylation sites (tertiary alicyclic amines) is 1. The minimum absolute atomic E-state index is 0.234. The van der Waals surface area contributed by atoms with Crippen LogP contribution in [0.4, 0.5) is 4.79 Å². The Hall–Kier alpha value is -1.98. The molecular formula is C16H22N2O4. The molecule has 1 unspecified atom stereocenters. The van der Waals surface area contributed by atoms with Gasteiger partial charge in [-0.05, 0) is 36.3 Å². The predicted molar refractivity (Wildman–Crippen MR) is 79.4 cm³/mol. The Morgan fingerprint density at radius 3 is 2.55 bits per heavy atom. The Labute approximate surface area is 129 Å². The van der Waals surface area contributed by atoms with Crippen LogP contribution in [0.25, 0.3) is 0 Å². The number of urea groups is 1. The summed E-state index contributed by atoms with van der Waals surface area (Å²) in [6.07, 6.45) is 8.10. The van der Waals surface area contributed by atoms with Crippen LogP contribution in [0.2, 0.25) is 0 Å². The van der Waals surface area contributed by atoms with Crippen LogP contribution >= 0.6 is 0 Å².